The van der Waals surface area contributed by atoms with E-state index in [9.17, 15) is 0 Å². The summed E-state index contributed by atoms with van der Waals surface area (Å²) in [4.78, 5) is 4.83. The Balaban J connectivity index is 2.90. The number of nitrogens with two attached hydrogens (primary N) is 1. The summed E-state index contributed by atoms with van der Waals surface area (Å²) < 4.78 is 0. The Hall–Kier alpha value is -1.41. The summed E-state index contributed by atoms with van der Waals surface area (Å²) in [7, 11) is 0. The van der Waals surface area contributed by atoms with E-state index in [0.29, 0.717) is 5.92 Å². The average molecular weight is 256 g/mol. The molecule has 19 heavy (non-hydrogen) atoms. The Morgan fingerprint density at radius 2 is 1.74 bits per heavy atom. The van der Waals surface area contributed by atoms with Crippen LogP contribution >= 0.6 is 0 Å². The molecule has 1 aromatic carbocycles. The first kappa shape index (κ1) is 14.0. The standard InChI is InChI=1S/C17H24N2/c1-10(2)15-9-14(17(5,6)18)13-8-11(3)7-12(4)16(13)19-15/h7-10H,18H2,1-6H3. The molecule has 0 atom stereocenters. The van der Waals surface area contributed by atoms with Gasteiger partial charge in [-0.25, -0.2) is 0 Å². The molecule has 0 amide bonds. The lowest BCUT2D eigenvalue weighted by Gasteiger charge is -2.24. The number of fused-ring (bicyclic) bond motifs is 1. The summed E-state index contributed by atoms with van der Waals surface area (Å²) in [5.74, 6) is 0.409. The van der Waals surface area contributed by atoms with E-state index < -0.39 is 0 Å². The van der Waals surface area contributed by atoms with Gasteiger partial charge >= 0.3 is 0 Å². The van der Waals surface area contributed by atoms with Gasteiger partial charge in [-0.1, -0.05) is 25.5 Å². The Morgan fingerprint density at radius 1 is 1.11 bits per heavy atom. The third kappa shape index (κ3) is 2.64. The van der Waals surface area contributed by atoms with E-state index in [1.165, 1.54) is 22.1 Å². The molecule has 0 saturated carbocycles. The maximum atomic E-state index is 6.36. The highest BCUT2D eigenvalue weighted by Crippen LogP contribution is 2.31. The van der Waals surface area contributed by atoms with Gasteiger partial charge in [-0.2, -0.15) is 0 Å². The lowest BCUT2D eigenvalue weighted by Crippen LogP contribution is -2.29. The molecule has 0 bridgehead atoms. The van der Waals surface area contributed by atoms with Crippen molar-refractivity contribution < 1.29 is 0 Å². The van der Waals surface area contributed by atoms with Crippen molar-refractivity contribution in [1.82, 2.24) is 4.98 Å². The Labute approximate surface area is 116 Å². The van der Waals surface area contributed by atoms with Crippen LogP contribution in [-0.4, -0.2) is 4.98 Å². The van der Waals surface area contributed by atoms with Gasteiger partial charge in [0.15, 0.2) is 0 Å². The monoisotopic (exact) mass is 256 g/mol. The number of aryl methyl sites for hydroxylation is 2. The lowest BCUT2D eigenvalue weighted by atomic mass is 9.89. The second-order valence-corrected chi connectivity index (χ2v) is 6.45. The van der Waals surface area contributed by atoms with E-state index in [-0.39, 0.29) is 5.54 Å². The van der Waals surface area contributed by atoms with Crippen molar-refractivity contribution in [2.24, 2.45) is 5.73 Å². The molecule has 0 spiro atoms. The van der Waals surface area contributed by atoms with Crippen molar-refractivity contribution in [3.8, 4) is 0 Å². The zero-order chi connectivity index (χ0) is 14.4. The zero-order valence-corrected chi connectivity index (χ0v) is 12.8. The van der Waals surface area contributed by atoms with Crippen LogP contribution in [0.1, 0.15) is 56.0 Å². The van der Waals surface area contributed by atoms with Gasteiger partial charge in [-0.15, -0.1) is 0 Å². The van der Waals surface area contributed by atoms with E-state index in [4.69, 9.17) is 10.7 Å². The molecule has 102 valence electrons. The minimum atomic E-state index is -0.356. The third-order valence-corrected chi connectivity index (χ3v) is 3.55. The molecule has 0 radical (unpaired) electrons. The molecule has 2 rings (SSSR count). The summed E-state index contributed by atoms with van der Waals surface area (Å²) in [5.41, 5.74) is 11.9. The molecule has 1 heterocycles. The first-order valence-electron chi connectivity index (χ1n) is 6.91. The average Bonchev–Trinajstić information content (AvgIpc) is 2.26. The largest absolute Gasteiger partial charge is 0.322 e. The number of hydrogen-bond donors (Lipinski definition) is 1. The van der Waals surface area contributed by atoms with Crippen molar-refractivity contribution >= 4 is 10.9 Å². The van der Waals surface area contributed by atoms with Crippen LogP contribution in [0, 0.1) is 13.8 Å². The Kier molecular flexibility index (Phi) is 3.40. The number of nitrogens with zero attached hydrogens (tertiary/aromatic N) is 1. The summed E-state index contributed by atoms with van der Waals surface area (Å²) in [5, 5.41) is 1.19. The molecule has 2 nitrogen and oxygen atoms in total. The van der Waals surface area contributed by atoms with Gasteiger partial charge < -0.3 is 5.73 Å². The fraction of sp³-hybridized carbons (Fsp3) is 0.471. The Bertz CT molecular complexity index is 619. The molecule has 1 aromatic heterocycles. The van der Waals surface area contributed by atoms with Gasteiger partial charge in [0.2, 0.25) is 0 Å². The summed E-state index contributed by atoms with van der Waals surface area (Å²) in [6.45, 7) is 12.7. The topological polar surface area (TPSA) is 38.9 Å². The molecule has 0 aliphatic heterocycles. The molecule has 0 saturated heterocycles. The van der Waals surface area contributed by atoms with Crippen molar-refractivity contribution in [1.29, 1.82) is 0 Å². The van der Waals surface area contributed by atoms with Crippen LogP contribution in [-0.2, 0) is 5.54 Å². The second kappa shape index (κ2) is 4.61. The molecule has 0 aliphatic rings. The minimum Gasteiger partial charge on any atom is -0.322 e. The van der Waals surface area contributed by atoms with Crippen molar-refractivity contribution in [2.75, 3.05) is 0 Å². The molecule has 0 aliphatic carbocycles. The first-order valence-corrected chi connectivity index (χ1v) is 6.91. The predicted octanol–water partition coefficient (Wildman–Crippen LogP) is 4.17. The highest BCUT2D eigenvalue weighted by atomic mass is 14.7. The smallest absolute Gasteiger partial charge is 0.0738 e. The number of rotatable bonds is 2. The maximum absolute atomic E-state index is 6.36. The molecule has 2 aromatic rings. The van der Waals surface area contributed by atoms with Crippen LogP contribution in [0.3, 0.4) is 0 Å². The SMILES string of the molecule is Cc1cc(C)c2nc(C(C)C)cc(C(C)(C)N)c2c1. The zero-order valence-electron chi connectivity index (χ0n) is 12.8. The summed E-state index contributed by atoms with van der Waals surface area (Å²) >= 11 is 0. The van der Waals surface area contributed by atoms with Gasteiger partial charge in [-0.3, -0.25) is 4.98 Å². The van der Waals surface area contributed by atoms with E-state index in [2.05, 4.69) is 59.7 Å². The number of benzene rings is 1. The van der Waals surface area contributed by atoms with Gasteiger partial charge in [0, 0.05) is 16.6 Å². The number of hydrogen-bond acceptors (Lipinski definition) is 2. The maximum Gasteiger partial charge on any atom is 0.0738 e. The van der Waals surface area contributed by atoms with E-state index in [0.717, 1.165) is 11.2 Å². The minimum absolute atomic E-state index is 0.356. The number of pyridine rings is 1. The highest BCUT2D eigenvalue weighted by Gasteiger charge is 2.20. The van der Waals surface area contributed by atoms with Crippen LogP contribution in [0.5, 0.6) is 0 Å². The molecular formula is C17H24N2. The van der Waals surface area contributed by atoms with E-state index in [1.54, 1.807) is 0 Å². The highest BCUT2D eigenvalue weighted by molar-refractivity contribution is 5.86. The van der Waals surface area contributed by atoms with E-state index in [1.807, 2.05) is 0 Å². The quantitative estimate of drug-likeness (QED) is 0.876. The summed E-state index contributed by atoms with van der Waals surface area (Å²) in [6.07, 6.45) is 0. The van der Waals surface area contributed by atoms with Crippen molar-refractivity contribution in [3.63, 3.8) is 0 Å². The fourth-order valence-electron chi connectivity index (χ4n) is 2.53. The predicted molar refractivity (Wildman–Crippen MR) is 82.5 cm³/mol. The lowest BCUT2D eigenvalue weighted by molar-refractivity contribution is 0.557. The van der Waals surface area contributed by atoms with Crippen LogP contribution in [0.15, 0.2) is 18.2 Å². The first-order chi connectivity index (χ1) is 8.70. The van der Waals surface area contributed by atoms with Gasteiger partial charge in [-0.05, 0) is 56.9 Å². The molecular weight excluding hydrogens is 232 g/mol. The molecule has 0 unspecified atom stereocenters. The van der Waals surface area contributed by atoms with Crippen LogP contribution in [0.2, 0.25) is 0 Å². The van der Waals surface area contributed by atoms with Crippen LogP contribution in [0.25, 0.3) is 10.9 Å². The van der Waals surface area contributed by atoms with Crippen molar-refractivity contribution in [3.05, 3.63) is 40.6 Å². The molecule has 2 heteroatoms. The summed E-state index contributed by atoms with van der Waals surface area (Å²) in [6, 6.07) is 6.56. The van der Waals surface area contributed by atoms with E-state index >= 15 is 0 Å². The van der Waals surface area contributed by atoms with Crippen LogP contribution in [0.4, 0.5) is 0 Å². The third-order valence-electron chi connectivity index (χ3n) is 3.55. The fourth-order valence-corrected chi connectivity index (χ4v) is 2.53. The van der Waals surface area contributed by atoms with Gasteiger partial charge in [0.1, 0.15) is 0 Å². The van der Waals surface area contributed by atoms with Crippen LogP contribution < -0.4 is 5.73 Å². The van der Waals surface area contributed by atoms with Gasteiger partial charge in [0.25, 0.3) is 0 Å². The van der Waals surface area contributed by atoms with Gasteiger partial charge in [0.05, 0.1) is 5.52 Å². The van der Waals surface area contributed by atoms with Crippen molar-refractivity contribution in [2.45, 2.75) is 53.0 Å². The molecule has 0 fully saturated rings. The molecule has 2 N–H and O–H groups in total. The Morgan fingerprint density at radius 3 is 2.26 bits per heavy atom. The number of aromatic nitrogens is 1. The normalized spacial score (nSPS) is 12.4. The second-order valence-electron chi connectivity index (χ2n) is 6.45.